The van der Waals surface area contributed by atoms with Gasteiger partial charge in [0.05, 0.1) is 11.4 Å². The van der Waals surface area contributed by atoms with E-state index in [0.29, 0.717) is 0 Å². The monoisotopic (exact) mass is 446 g/mol. The summed E-state index contributed by atoms with van der Waals surface area (Å²) in [5, 5.41) is 2.40. The minimum atomic E-state index is 0.730. The fraction of sp³-hybridized carbons (Fsp3) is 0. The molecule has 0 aliphatic carbocycles. The molecule has 0 fully saturated rings. The average molecular weight is 446 g/mol. The van der Waals surface area contributed by atoms with E-state index in [1.165, 1.54) is 27.4 Å². The minimum Gasteiger partial charge on any atom is -0.228 e. The second kappa shape index (κ2) is 9.04. The van der Waals surface area contributed by atoms with Crippen molar-refractivity contribution in [2.24, 2.45) is 0 Å². The molecule has 0 spiro atoms. The number of hydrogen-bond acceptors (Lipinski definition) is 2. The molecule has 5 aromatic carbocycles. The van der Waals surface area contributed by atoms with Crippen LogP contribution in [-0.4, -0.2) is 17.8 Å². The van der Waals surface area contributed by atoms with E-state index >= 15 is 0 Å². The van der Waals surface area contributed by atoms with Gasteiger partial charge in [0.25, 0.3) is 0 Å². The van der Waals surface area contributed by atoms with Gasteiger partial charge in [-0.25, -0.2) is 9.97 Å². The Labute approximate surface area is 206 Å². The van der Waals surface area contributed by atoms with Crippen molar-refractivity contribution >= 4 is 24.1 Å². The van der Waals surface area contributed by atoms with E-state index in [1.807, 2.05) is 36.4 Å². The highest BCUT2D eigenvalue weighted by Gasteiger charge is 2.14. The van der Waals surface area contributed by atoms with Gasteiger partial charge in [-0.05, 0) is 28.0 Å². The third-order valence-corrected chi connectivity index (χ3v) is 6.39. The van der Waals surface area contributed by atoms with E-state index in [4.69, 9.17) is 9.97 Å². The third kappa shape index (κ3) is 4.13. The lowest BCUT2D eigenvalue weighted by Crippen LogP contribution is -1.99. The first kappa shape index (κ1) is 21.1. The maximum Gasteiger partial charge on any atom is 0.160 e. The SMILES string of the molecule is Bc1ccc(-c2ccc(-c3cc(-c4ccccc4)nc(-c4ccccc4)n3)c3ccccc23)cc1. The topological polar surface area (TPSA) is 25.8 Å². The largest absolute Gasteiger partial charge is 0.228 e. The predicted molar refractivity (Wildman–Crippen MR) is 149 cm³/mol. The van der Waals surface area contributed by atoms with Crippen LogP contribution >= 0.6 is 0 Å². The molecule has 2 nitrogen and oxygen atoms in total. The van der Waals surface area contributed by atoms with E-state index in [-0.39, 0.29) is 0 Å². The molecule has 3 heteroatoms. The Morgan fingerprint density at radius 1 is 0.429 bits per heavy atom. The van der Waals surface area contributed by atoms with Crippen molar-refractivity contribution < 1.29 is 0 Å². The van der Waals surface area contributed by atoms with Gasteiger partial charge in [0.2, 0.25) is 0 Å². The van der Waals surface area contributed by atoms with E-state index in [9.17, 15) is 0 Å². The molecular weight excluding hydrogens is 423 g/mol. The Morgan fingerprint density at radius 2 is 0.971 bits per heavy atom. The molecule has 0 unspecified atom stereocenters. The average Bonchev–Trinajstić information content (AvgIpc) is 2.94. The van der Waals surface area contributed by atoms with E-state index in [0.717, 1.165) is 33.9 Å². The predicted octanol–water partition coefficient (Wildman–Crippen LogP) is 6.56. The van der Waals surface area contributed by atoms with Crippen molar-refractivity contribution in [1.29, 1.82) is 0 Å². The molecule has 0 atom stereocenters. The Morgan fingerprint density at radius 3 is 1.66 bits per heavy atom. The van der Waals surface area contributed by atoms with Crippen molar-refractivity contribution in [3.8, 4) is 45.0 Å². The molecule has 1 aromatic heterocycles. The van der Waals surface area contributed by atoms with Gasteiger partial charge in [0.15, 0.2) is 5.82 Å². The summed E-state index contributed by atoms with van der Waals surface area (Å²) in [7, 11) is 2.12. The van der Waals surface area contributed by atoms with Gasteiger partial charge in [0.1, 0.15) is 7.85 Å². The van der Waals surface area contributed by atoms with Crippen LogP contribution in [0.15, 0.2) is 127 Å². The van der Waals surface area contributed by atoms with Gasteiger partial charge < -0.3 is 0 Å². The van der Waals surface area contributed by atoms with Gasteiger partial charge in [0, 0.05) is 16.7 Å². The van der Waals surface area contributed by atoms with Gasteiger partial charge in [-0.1, -0.05) is 127 Å². The molecule has 35 heavy (non-hydrogen) atoms. The Kier molecular flexibility index (Phi) is 5.44. The Bertz CT molecular complexity index is 1570. The molecular formula is C32H23BN2. The summed E-state index contributed by atoms with van der Waals surface area (Å²) in [4.78, 5) is 9.99. The van der Waals surface area contributed by atoms with Crippen LogP contribution in [0.2, 0.25) is 0 Å². The number of fused-ring (bicyclic) bond motifs is 1. The van der Waals surface area contributed by atoms with Crippen molar-refractivity contribution in [1.82, 2.24) is 9.97 Å². The molecule has 0 saturated carbocycles. The zero-order valence-corrected chi connectivity index (χ0v) is 19.5. The molecule has 0 amide bonds. The first-order valence-corrected chi connectivity index (χ1v) is 11.9. The molecule has 0 radical (unpaired) electrons. The lowest BCUT2D eigenvalue weighted by atomic mass is 9.90. The molecule has 0 N–H and O–H groups in total. The minimum absolute atomic E-state index is 0.730. The molecule has 6 aromatic rings. The zero-order valence-electron chi connectivity index (χ0n) is 19.5. The number of nitrogens with zero attached hydrogens (tertiary/aromatic N) is 2. The maximum atomic E-state index is 5.05. The standard InChI is InChI=1S/C32H23BN2/c33-25-17-15-22(16-18-25)26-19-20-29(28-14-8-7-13-27(26)28)31-21-30(23-9-3-1-4-10-23)34-32(35-31)24-11-5-2-6-12-24/h1-21H,33H2. The lowest BCUT2D eigenvalue weighted by Gasteiger charge is -2.14. The van der Waals surface area contributed by atoms with E-state index in [1.54, 1.807) is 0 Å². The number of aromatic nitrogens is 2. The Hall–Kier alpha value is -4.50. The summed E-state index contributed by atoms with van der Waals surface area (Å²) in [6.07, 6.45) is 0. The van der Waals surface area contributed by atoms with E-state index < -0.39 is 0 Å². The van der Waals surface area contributed by atoms with Crippen LogP contribution in [0, 0.1) is 0 Å². The summed E-state index contributed by atoms with van der Waals surface area (Å²) in [5.74, 6) is 0.730. The van der Waals surface area contributed by atoms with Crippen molar-refractivity contribution in [3.63, 3.8) is 0 Å². The summed E-state index contributed by atoms with van der Waals surface area (Å²) < 4.78 is 0. The second-order valence-corrected chi connectivity index (χ2v) is 8.77. The summed E-state index contributed by atoms with van der Waals surface area (Å²) in [5.41, 5.74) is 8.73. The van der Waals surface area contributed by atoms with Crippen LogP contribution in [0.5, 0.6) is 0 Å². The number of rotatable bonds is 4. The summed E-state index contributed by atoms with van der Waals surface area (Å²) in [6.45, 7) is 0. The summed E-state index contributed by atoms with van der Waals surface area (Å²) >= 11 is 0. The van der Waals surface area contributed by atoms with Gasteiger partial charge in [-0.3, -0.25) is 0 Å². The van der Waals surface area contributed by atoms with Gasteiger partial charge in [-0.15, -0.1) is 0 Å². The second-order valence-electron chi connectivity index (χ2n) is 8.77. The molecule has 1 heterocycles. The van der Waals surface area contributed by atoms with Crippen LogP contribution in [-0.2, 0) is 0 Å². The third-order valence-electron chi connectivity index (χ3n) is 6.39. The normalized spacial score (nSPS) is 11.0. The number of benzene rings is 5. The number of hydrogen-bond donors (Lipinski definition) is 0. The molecule has 0 aliphatic heterocycles. The van der Waals surface area contributed by atoms with Crippen LogP contribution in [0.1, 0.15) is 0 Å². The van der Waals surface area contributed by atoms with Gasteiger partial charge in [-0.2, -0.15) is 0 Å². The van der Waals surface area contributed by atoms with E-state index in [2.05, 4.69) is 98.8 Å². The zero-order chi connectivity index (χ0) is 23.6. The highest BCUT2D eigenvalue weighted by atomic mass is 14.9. The fourth-order valence-corrected chi connectivity index (χ4v) is 4.57. The fourth-order valence-electron chi connectivity index (χ4n) is 4.57. The van der Waals surface area contributed by atoms with Crippen molar-refractivity contribution in [3.05, 3.63) is 127 Å². The molecule has 164 valence electrons. The molecule has 6 rings (SSSR count). The molecule has 0 bridgehead atoms. The van der Waals surface area contributed by atoms with Crippen LogP contribution in [0.25, 0.3) is 55.8 Å². The summed E-state index contributed by atoms with van der Waals surface area (Å²) in [6, 6.07) is 44.4. The lowest BCUT2D eigenvalue weighted by molar-refractivity contribution is 1.18. The first-order chi connectivity index (χ1) is 17.3. The van der Waals surface area contributed by atoms with Crippen LogP contribution < -0.4 is 5.46 Å². The van der Waals surface area contributed by atoms with Crippen molar-refractivity contribution in [2.45, 2.75) is 0 Å². The first-order valence-electron chi connectivity index (χ1n) is 11.9. The Balaban J connectivity index is 1.58. The highest BCUT2D eigenvalue weighted by molar-refractivity contribution is 6.32. The quantitative estimate of drug-likeness (QED) is 0.287. The highest BCUT2D eigenvalue weighted by Crippen LogP contribution is 2.36. The van der Waals surface area contributed by atoms with Gasteiger partial charge >= 0.3 is 0 Å². The smallest absolute Gasteiger partial charge is 0.160 e. The van der Waals surface area contributed by atoms with Crippen LogP contribution in [0.4, 0.5) is 0 Å². The molecule has 0 saturated heterocycles. The maximum absolute atomic E-state index is 5.05. The van der Waals surface area contributed by atoms with Crippen molar-refractivity contribution in [2.75, 3.05) is 0 Å². The molecule has 0 aliphatic rings. The van der Waals surface area contributed by atoms with Crippen LogP contribution in [0.3, 0.4) is 0 Å².